The van der Waals surface area contributed by atoms with Crippen LogP contribution in [0.3, 0.4) is 0 Å². The zero-order chi connectivity index (χ0) is 15.4. The van der Waals surface area contributed by atoms with E-state index < -0.39 is 0 Å². The Hall–Kier alpha value is -2.13. The quantitative estimate of drug-likeness (QED) is 0.652. The van der Waals surface area contributed by atoms with Crippen LogP contribution in [0.25, 0.3) is 10.8 Å². The Balaban J connectivity index is 1.87. The molecule has 0 fully saturated rings. The third kappa shape index (κ3) is 3.20. The fourth-order valence-electron chi connectivity index (χ4n) is 2.63. The van der Waals surface area contributed by atoms with Crippen LogP contribution in [0, 0.1) is 0 Å². The van der Waals surface area contributed by atoms with Crippen LogP contribution in [-0.4, -0.2) is 17.4 Å². The van der Waals surface area contributed by atoms with Crippen LogP contribution in [0.15, 0.2) is 59.3 Å². The summed E-state index contributed by atoms with van der Waals surface area (Å²) in [7, 11) is 0. The molecule has 0 atom stereocenters. The highest BCUT2D eigenvalue weighted by atomic mass is 32.1. The van der Waals surface area contributed by atoms with E-state index in [1.807, 2.05) is 35.2 Å². The normalized spacial score (nSPS) is 10.8. The standard InChI is InChI=1S/C19H19NOS/c1-2-10-20(13-15-9-11-22-14-15)19(21)18-8-7-16-5-3-4-6-17(16)12-18/h3-9,11-12,14H,2,10,13H2,1H3. The molecule has 2 nitrogen and oxygen atoms in total. The fourth-order valence-corrected chi connectivity index (χ4v) is 3.29. The fraction of sp³-hybridized carbons (Fsp3) is 0.211. The average Bonchev–Trinajstić information content (AvgIpc) is 3.06. The van der Waals surface area contributed by atoms with Crippen LogP contribution < -0.4 is 0 Å². The molecule has 3 heteroatoms. The molecule has 0 aliphatic carbocycles. The molecule has 0 unspecified atom stereocenters. The molecule has 1 heterocycles. The lowest BCUT2D eigenvalue weighted by Gasteiger charge is -2.22. The lowest BCUT2D eigenvalue weighted by atomic mass is 10.1. The molecule has 3 rings (SSSR count). The number of fused-ring (bicyclic) bond motifs is 1. The van der Waals surface area contributed by atoms with E-state index >= 15 is 0 Å². The number of carbonyl (C=O) groups excluding carboxylic acids is 1. The van der Waals surface area contributed by atoms with Crippen molar-refractivity contribution in [3.05, 3.63) is 70.4 Å². The molecule has 0 aliphatic rings. The summed E-state index contributed by atoms with van der Waals surface area (Å²) in [4.78, 5) is 14.8. The summed E-state index contributed by atoms with van der Waals surface area (Å²) in [5.74, 6) is 0.110. The van der Waals surface area contributed by atoms with Crippen molar-refractivity contribution in [1.29, 1.82) is 0 Å². The van der Waals surface area contributed by atoms with Gasteiger partial charge in [0.15, 0.2) is 0 Å². The zero-order valence-corrected chi connectivity index (χ0v) is 13.5. The number of benzene rings is 2. The number of amides is 1. The Bertz CT molecular complexity index is 764. The number of carbonyl (C=O) groups is 1. The number of thiophene rings is 1. The van der Waals surface area contributed by atoms with Crippen molar-refractivity contribution < 1.29 is 4.79 Å². The van der Waals surface area contributed by atoms with Gasteiger partial charge in [-0.3, -0.25) is 4.79 Å². The summed E-state index contributed by atoms with van der Waals surface area (Å²) < 4.78 is 0. The summed E-state index contributed by atoms with van der Waals surface area (Å²) in [6, 6.07) is 16.2. The third-order valence-corrected chi connectivity index (χ3v) is 4.46. The van der Waals surface area contributed by atoms with Crippen molar-refractivity contribution in [2.75, 3.05) is 6.54 Å². The minimum atomic E-state index is 0.110. The van der Waals surface area contributed by atoms with Crippen molar-refractivity contribution in [3.63, 3.8) is 0 Å². The highest BCUT2D eigenvalue weighted by Gasteiger charge is 2.16. The van der Waals surface area contributed by atoms with Crippen molar-refractivity contribution in [2.45, 2.75) is 19.9 Å². The summed E-state index contributed by atoms with van der Waals surface area (Å²) in [5, 5.41) is 6.44. The first kappa shape index (κ1) is 14.8. The van der Waals surface area contributed by atoms with Crippen molar-refractivity contribution >= 4 is 28.0 Å². The maximum absolute atomic E-state index is 12.8. The zero-order valence-electron chi connectivity index (χ0n) is 12.7. The van der Waals surface area contributed by atoms with Crippen LogP contribution in [0.4, 0.5) is 0 Å². The maximum Gasteiger partial charge on any atom is 0.254 e. The molecular formula is C19H19NOS. The van der Waals surface area contributed by atoms with E-state index in [-0.39, 0.29) is 5.91 Å². The highest BCUT2D eigenvalue weighted by Crippen LogP contribution is 2.18. The minimum Gasteiger partial charge on any atom is -0.334 e. The molecule has 0 radical (unpaired) electrons. The van der Waals surface area contributed by atoms with E-state index in [0.717, 1.165) is 23.9 Å². The number of hydrogen-bond donors (Lipinski definition) is 0. The molecule has 3 aromatic rings. The Morgan fingerprint density at radius 1 is 1.09 bits per heavy atom. The second-order valence-corrected chi connectivity index (χ2v) is 6.20. The van der Waals surface area contributed by atoms with Gasteiger partial charge in [-0.25, -0.2) is 0 Å². The molecule has 0 aliphatic heterocycles. The van der Waals surface area contributed by atoms with Gasteiger partial charge in [-0.1, -0.05) is 37.3 Å². The van der Waals surface area contributed by atoms with Crippen molar-refractivity contribution in [1.82, 2.24) is 4.90 Å². The van der Waals surface area contributed by atoms with Gasteiger partial charge in [-0.15, -0.1) is 0 Å². The smallest absolute Gasteiger partial charge is 0.254 e. The van der Waals surface area contributed by atoms with Gasteiger partial charge in [0.25, 0.3) is 5.91 Å². The SMILES string of the molecule is CCCN(Cc1ccsc1)C(=O)c1ccc2ccccc2c1. The molecule has 1 aromatic heterocycles. The van der Waals surface area contributed by atoms with E-state index in [2.05, 4.69) is 35.9 Å². The maximum atomic E-state index is 12.8. The monoisotopic (exact) mass is 309 g/mol. The summed E-state index contributed by atoms with van der Waals surface area (Å²) in [6.07, 6.45) is 0.962. The van der Waals surface area contributed by atoms with Crippen LogP contribution in [0.1, 0.15) is 29.3 Å². The van der Waals surface area contributed by atoms with Gasteiger partial charge in [0.2, 0.25) is 0 Å². The first-order valence-corrected chi connectivity index (χ1v) is 8.51. The van der Waals surface area contributed by atoms with Gasteiger partial charge in [-0.05, 0) is 51.7 Å². The number of rotatable bonds is 5. The first-order chi connectivity index (χ1) is 10.8. The molecule has 2 aromatic carbocycles. The van der Waals surface area contributed by atoms with Crippen molar-refractivity contribution in [3.8, 4) is 0 Å². The lowest BCUT2D eigenvalue weighted by molar-refractivity contribution is 0.0743. The predicted octanol–water partition coefficient (Wildman–Crippen LogP) is 4.95. The largest absolute Gasteiger partial charge is 0.334 e. The van der Waals surface area contributed by atoms with Gasteiger partial charge in [0.05, 0.1) is 0 Å². The Labute approximate surface area is 135 Å². The molecule has 112 valence electrons. The molecular weight excluding hydrogens is 290 g/mol. The second kappa shape index (κ2) is 6.75. The Kier molecular flexibility index (Phi) is 4.54. The van der Waals surface area contributed by atoms with E-state index in [9.17, 15) is 4.79 Å². The summed E-state index contributed by atoms with van der Waals surface area (Å²) in [5.41, 5.74) is 1.97. The number of hydrogen-bond acceptors (Lipinski definition) is 2. The summed E-state index contributed by atoms with van der Waals surface area (Å²) >= 11 is 1.67. The van der Waals surface area contributed by atoms with Gasteiger partial charge < -0.3 is 4.90 Å². The molecule has 0 N–H and O–H groups in total. The van der Waals surface area contributed by atoms with Gasteiger partial charge in [-0.2, -0.15) is 11.3 Å². The van der Waals surface area contributed by atoms with Crippen LogP contribution in [0.2, 0.25) is 0 Å². The van der Waals surface area contributed by atoms with Gasteiger partial charge in [0, 0.05) is 18.7 Å². The van der Waals surface area contributed by atoms with Crippen LogP contribution in [0.5, 0.6) is 0 Å². The van der Waals surface area contributed by atoms with E-state index in [0.29, 0.717) is 6.54 Å². The summed E-state index contributed by atoms with van der Waals surface area (Å²) in [6.45, 7) is 3.57. The van der Waals surface area contributed by atoms with E-state index in [1.54, 1.807) is 11.3 Å². The molecule has 1 amide bonds. The van der Waals surface area contributed by atoms with Gasteiger partial charge in [0.1, 0.15) is 0 Å². The van der Waals surface area contributed by atoms with E-state index in [4.69, 9.17) is 0 Å². The molecule has 0 saturated heterocycles. The first-order valence-electron chi connectivity index (χ1n) is 7.57. The van der Waals surface area contributed by atoms with Gasteiger partial charge >= 0.3 is 0 Å². The molecule has 0 bridgehead atoms. The lowest BCUT2D eigenvalue weighted by Crippen LogP contribution is -2.31. The van der Waals surface area contributed by atoms with Crippen LogP contribution >= 0.6 is 11.3 Å². The third-order valence-electron chi connectivity index (χ3n) is 3.73. The predicted molar refractivity (Wildman–Crippen MR) is 93.3 cm³/mol. The Morgan fingerprint density at radius 3 is 2.64 bits per heavy atom. The van der Waals surface area contributed by atoms with E-state index in [1.165, 1.54) is 10.9 Å². The second-order valence-electron chi connectivity index (χ2n) is 5.42. The molecule has 0 saturated carbocycles. The highest BCUT2D eigenvalue weighted by molar-refractivity contribution is 7.07. The number of nitrogens with zero attached hydrogens (tertiary/aromatic N) is 1. The Morgan fingerprint density at radius 2 is 1.91 bits per heavy atom. The average molecular weight is 309 g/mol. The molecule has 22 heavy (non-hydrogen) atoms. The minimum absolute atomic E-state index is 0.110. The van der Waals surface area contributed by atoms with Crippen LogP contribution in [-0.2, 0) is 6.54 Å². The van der Waals surface area contributed by atoms with Crippen molar-refractivity contribution in [2.24, 2.45) is 0 Å². The topological polar surface area (TPSA) is 20.3 Å². The molecule has 0 spiro atoms.